The maximum absolute atomic E-state index is 12.8. The number of carbonyl (C=O) groups excluding carboxylic acids is 1. The van der Waals surface area contributed by atoms with E-state index >= 15 is 0 Å². The van der Waals surface area contributed by atoms with Crippen molar-refractivity contribution in [2.75, 3.05) is 7.11 Å². The molecule has 0 N–H and O–H groups in total. The molecule has 0 aliphatic carbocycles. The van der Waals surface area contributed by atoms with E-state index in [0.717, 1.165) is 12.1 Å². The van der Waals surface area contributed by atoms with Crippen molar-refractivity contribution in [1.29, 1.82) is 0 Å². The van der Waals surface area contributed by atoms with Crippen molar-refractivity contribution in [3.05, 3.63) is 35.1 Å². The van der Waals surface area contributed by atoms with Gasteiger partial charge in [0, 0.05) is 5.56 Å². The lowest BCUT2D eigenvalue weighted by Crippen LogP contribution is -2.04. The lowest BCUT2D eigenvalue weighted by atomic mass is 10.1. The first-order valence-corrected chi connectivity index (χ1v) is 3.49. The van der Waals surface area contributed by atoms with Crippen LogP contribution in [0.3, 0.4) is 0 Å². The molecular weight excluding hydrogens is 171 g/mol. The molecule has 0 radical (unpaired) electrons. The Morgan fingerprint density at radius 2 is 2.54 bits per heavy atom. The van der Waals surface area contributed by atoms with E-state index in [1.807, 2.05) is 6.40 Å². The molecule has 0 atom stereocenters. The number of hydrogen-bond donors (Lipinski definition) is 0. The van der Waals surface area contributed by atoms with E-state index in [1.54, 1.807) is 0 Å². The second-order valence-corrected chi connectivity index (χ2v) is 2.31. The summed E-state index contributed by atoms with van der Waals surface area (Å²) in [5.41, 5.74) is 0.320. The number of hydrogen-bond acceptors (Lipinski definition) is 2. The van der Waals surface area contributed by atoms with Gasteiger partial charge in [-0.25, -0.2) is 9.18 Å². The van der Waals surface area contributed by atoms with Gasteiger partial charge in [-0.15, -0.1) is 6.40 Å². The van der Waals surface area contributed by atoms with Crippen LogP contribution in [0.5, 0.6) is 0 Å². The van der Waals surface area contributed by atoms with Gasteiger partial charge < -0.3 is 4.74 Å². The monoisotopic (exact) mass is 179 g/mol. The van der Waals surface area contributed by atoms with Crippen LogP contribution in [0.2, 0.25) is 0 Å². The Kier molecular flexibility index (Phi) is 2.24. The third kappa shape index (κ3) is 1.85. The van der Waals surface area contributed by atoms with Crippen LogP contribution < -0.4 is 0 Å². The van der Waals surface area contributed by atoms with Gasteiger partial charge in [-0.2, -0.15) is 0 Å². The minimum Gasteiger partial charge on any atom is -0.465 e. The quantitative estimate of drug-likeness (QED) is 0.483. The average Bonchev–Trinajstić information content (AvgIpc) is 2.17. The summed E-state index contributed by atoms with van der Waals surface area (Å²) in [4.78, 5) is 11.1. The summed E-state index contributed by atoms with van der Waals surface area (Å²) >= 11 is 0. The predicted octanol–water partition coefficient (Wildman–Crippen LogP) is 1.59. The van der Waals surface area contributed by atoms with Gasteiger partial charge in [-0.1, -0.05) is 5.92 Å². The molecule has 1 rings (SSSR count). The van der Waals surface area contributed by atoms with Crippen molar-refractivity contribution >= 4 is 5.97 Å². The fraction of sp³-hybridized carbons (Fsp3) is 0.100. The van der Waals surface area contributed by atoms with Crippen molar-refractivity contribution in [2.45, 2.75) is 0 Å². The van der Waals surface area contributed by atoms with E-state index in [1.165, 1.54) is 13.2 Å². The normalized spacial score (nSPS) is 9.54. The average molecular weight is 179 g/mol. The summed E-state index contributed by atoms with van der Waals surface area (Å²) in [5.74, 6) is 1.21. The minimum atomic E-state index is -0.595. The second-order valence-electron chi connectivity index (χ2n) is 2.31. The zero-order valence-electron chi connectivity index (χ0n) is 7.93. The van der Waals surface area contributed by atoms with Gasteiger partial charge in [-0.05, 0) is 18.2 Å². The SMILES string of the molecule is [2H]C#Cc1cc(F)ccc1C(=O)OC. The summed E-state index contributed by atoms with van der Waals surface area (Å²) in [6.45, 7) is 0. The van der Waals surface area contributed by atoms with Crippen LogP contribution in [0.1, 0.15) is 17.3 Å². The van der Waals surface area contributed by atoms with Crippen LogP contribution in [-0.2, 0) is 4.74 Å². The lowest BCUT2D eigenvalue weighted by molar-refractivity contribution is 0.0600. The van der Waals surface area contributed by atoms with E-state index in [9.17, 15) is 9.18 Å². The molecule has 1 aromatic carbocycles. The van der Waals surface area contributed by atoms with Gasteiger partial charge >= 0.3 is 5.97 Å². The largest absolute Gasteiger partial charge is 0.465 e. The fourth-order valence-corrected chi connectivity index (χ4v) is 0.908. The molecule has 2 nitrogen and oxygen atoms in total. The number of ether oxygens (including phenoxy) is 1. The first-order chi connectivity index (χ1) is 6.69. The molecule has 0 spiro atoms. The standard InChI is InChI=1S/C10H7FO2/c1-3-7-6-8(11)4-5-9(7)10(12)13-2/h1,4-6H,2H3/i1D. The number of benzene rings is 1. The highest BCUT2D eigenvalue weighted by atomic mass is 19.1. The smallest absolute Gasteiger partial charge is 0.339 e. The predicted molar refractivity (Wildman–Crippen MR) is 45.7 cm³/mol. The van der Waals surface area contributed by atoms with Crippen LogP contribution in [0.4, 0.5) is 4.39 Å². The van der Waals surface area contributed by atoms with Crippen molar-refractivity contribution in [1.82, 2.24) is 0 Å². The first-order valence-electron chi connectivity index (χ1n) is 3.99. The molecule has 0 saturated heterocycles. The molecule has 0 heterocycles. The van der Waals surface area contributed by atoms with Gasteiger partial charge in [0.1, 0.15) is 7.19 Å². The molecule has 13 heavy (non-hydrogen) atoms. The maximum Gasteiger partial charge on any atom is 0.339 e. The van der Waals surface area contributed by atoms with Gasteiger partial charge in [0.15, 0.2) is 0 Å². The van der Waals surface area contributed by atoms with Crippen molar-refractivity contribution < 1.29 is 15.3 Å². The van der Waals surface area contributed by atoms with Gasteiger partial charge in [0.05, 0.1) is 12.7 Å². The Hall–Kier alpha value is -1.82. The maximum atomic E-state index is 12.8. The summed E-state index contributed by atoms with van der Waals surface area (Å²) in [6, 6.07) is 3.51. The van der Waals surface area contributed by atoms with E-state index in [-0.39, 0.29) is 11.1 Å². The molecule has 0 unspecified atom stereocenters. The highest BCUT2D eigenvalue weighted by Crippen LogP contribution is 2.11. The highest BCUT2D eigenvalue weighted by Gasteiger charge is 2.10. The molecule has 0 aromatic heterocycles. The van der Waals surface area contributed by atoms with E-state index in [4.69, 9.17) is 1.37 Å². The number of rotatable bonds is 1. The molecule has 3 heteroatoms. The van der Waals surface area contributed by atoms with E-state index in [0.29, 0.717) is 0 Å². The van der Waals surface area contributed by atoms with Crippen LogP contribution in [0.25, 0.3) is 0 Å². The van der Waals surface area contributed by atoms with Gasteiger partial charge in [0.25, 0.3) is 0 Å². The fourth-order valence-electron chi connectivity index (χ4n) is 0.908. The van der Waals surface area contributed by atoms with Crippen molar-refractivity contribution in [2.24, 2.45) is 0 Å². The minimum absolute atomic E-state index is 0.159. The van der Waals surface area contributed by atoms with E-state index in [2.05, 4.69) is 10.7 Å². The first kappa shape index (κ1) is 7.81. The Balaban J connectivity index is 3.26. The molecule has 0 aliphatic heterocycles. The number of terminal acetylenes is 1. The van der Waals surface area contributed by atoms with E-state index < -0.39 is 11.8 Å². The number of carbonyl (C=O) groups is 1. The summed E-state index contributed by atoms with van der Waals surface area (Å²) < 4.78 is 23.9. The Bertz CT molecular complexity index is 418. The zero-order chi connectivity index (χ0) is 10.6. The molecule has 0 aliphatic rings. The van der Waals surface area contributed by atoms with Crippen LogP contribution in [0.15, 0.2) is 18.2 Å². The Labute approximate surface area is 76.7 Å². The Morgan fingerprint density at radius 1 is 1.77 bits per heavy atom. The number of esters is 1. The summed E-state index contributed by atoms with van der Waals surface area (Å²) in [7, 11) is 1.23. The van der Waals surface area contributed by atoms with Crippen LogP contribution in [0, 0.1) is 18.1 Å². The molecule has 1 aromatic rings. The number of methoxy groups -OCH3 is 1. The topological polar surface area (TPSA) is 26.3 Å². The lowest BCUT2D eigenvalue weighted by Gasteiger charge is -2.01. The molecule has 0 fully saturated rings. The third-order valence-corrected chi connectivity index (χ3v) is 1.52. The summed E-state index contributed by atoms with van der Waals surface area (Å²) in [6.07, 6.45) is 1.86. The molecular formula is C10H7FO2. The molecule has 66 valence electrons. The van der Waals surface area contributed by atoms with Gasteiger partial charge in [0.2, 0.25) is 0 Å². The van der Waals surface area contributed by atoms with Gasteiger partial charge in [-0.3, -0.25) is 0 Å². The van der Waals surface area contributed by atoms with Crippen molar-refractivity contribution in [3.8, 4) is 12.3 Å². The number of halogens is 1. The third-order valence-electron chi connectivity index (χ3n) is 1.52. The zero-order valence-corrected chi connectivity index (χ0v) is 6.93. The summed E-state index contributed by atoms with van der Waals surface area (Å²) in [5, 5.41) is 0. The highest BCUT2D eigenvalue weighted by molar-refractivity contribution is 5.92. The van der Waals surface area contributed by atoms with Crippen LogP contribution in [-0.4, -0.2) is 13.1 Å². The molecule has 0 saturated carbocycles. The molecule has 0 amide bonds. The molecule has 0 bridgehead atoms. The van der Waals surface area contributed by atoms with Crippen LogP contribution >= 0.6 is 0 Å². The van der Waals surface area contributed by atoms with Crippen molar-refractivity contribution in [3.63, 3.8) is 0 Å². The second kappa shape index (κ2) is 3.72. The Morgan fingerprint density at radius 3 is 3.15 bits per heavy atom.